The molecule has 0 saturated carbocycles. The van der Waals surface area contributed by atoms with Crippen LogP contribution in [0.5, 0.6) is 0 Å². The molecule has 1 unspecified atom stereocenters. The number of thioether (sulfide) groups is 1. The van der Waals surface area contributed by atoms with Crippen molar-refractivity contribution < 1.29 is 0 Å². The van der Waals surface area contributed by atoms with E-state index in [0.29, 0.717) is 5.92 Å². The maximum atomic E-state index is 3.23. The molecule has 1 rings (SSSR count). The molecule has 1 nitrogen and oxygen atoms in total. The first-order chi connectivity index (χ1) is 6.79. The summed E-state index contributed by atoms with van der Waals surface area (Å²) in [5.41, 5.74) is 1.47. The second-order valence-electron chi connectivity index (χ2n) is 3.43. The van der Waals surface area contributed by atoms with Crippen LogP contribution in [0.25, 0.3) is 0 Å². The number of hydrogen-bond donors (Lipinski definition) is 1. The SMILES string of the molecule is CCSc1ccccc1C(C)CNC. The number of rotatable bonds is 5. The Kier molecular flexibility index (Phi) is 5.05. The van der Waals surface area contributed by atoms with Crippen LogP contribution in [0, 0.1) is 0 Å². The van der Waals surface area contributed by atoms with Crippen molar-refractivity contribution in [2.45, 2.75) is 24.7 Å². The highest BCUT2D eigenvalue weighted by Crippen LogP contribution is 2.27. The third kappa shape index (κ3) is 3.03. The molecule has 0 fully saturated rings. The second-order valence-corrected chi connectivity index (χ2v) is 4.74. The van der Waals surface area contributed by atoms with Crippen LogP contribution in [-0.4, -0.2) is 19.3 Å². The Morgan fingerprint density at radius 1 is 1.36 bits per heavy atom. The van der Waals surface area contributed by atoms with Gasteiger partial charge in [-0.15, -0.1) is 11.8 Å². The topological polar surface area (TPSA) is 12.0 Å². The Balaban J connectivity index is 2.82. The summed E-state index contributed by atoms with van der Waals surface area (Å²) in [6.07, 6.45) is 0. The second kappa shape index (κ2) is 6.10. The number of hydrogen-bond acceptors (Lipinski definition) is 2. The molecule has 0 saturated heterocycles. The Morgan fingerprint density at radius 3 is 2.71 bits per heavy atom. The first-order valence-electron chi connectivity index (χ1n) is 5.16. The monoisotopic (exact) mass is 209 g/mol. The van der Waals surface area contributed by atoms with E-state index >= 15 is 0 Å². The molecule has 1 aromatic carbocycles. The van der Waals surface area contributed by atoms with Gasteiger partial charge in [0.15, 0.2) is 0 Å². The molecule has 14 heavy (non-hydrogen) atoms. The normalized spacial score (nSPS) is 12.8. The Hall–Kier alpha value is -0.470. The summed E-state index contributed by atoms with van der Waals surface area (Å²) in [5, 5.41) is 3.23. The molecule has 1 aromatic rings. The van der Waals surface area contributed by atoms with Crippen LogP contribution >= 0.6 is 11.8 Å². The lowest BCUT2D eigenvalue weighted by Crippen LogP contribution is -2.15. The first kappa shape index (κ1) is 11.6. The fourth-order valence-electron chi connectivity index (χ4n) is 1.59. The molecular formula is C12H19NS. The van der Waals surface area contributed by atoms with Crippen molar-refractivity contribution in [1.82, 2.24) is 5.32 Å². The Labute approximate surface area is 91.3 Å². The van der Waals surface area contributed by atoms with E-state index in [2.05, 4.69) is 43.4 Å². The summed E-state index contributed by atoms with van der Waals surface area (Å²) in [4.78, 5) is 1.43. The van der Waals surface area contributed by atoms with E-state index in [0.717, 1.165) is 12.3 Å². The van der Waals surface area contributed by atoms with Gasteiger partial charge in [-0.2, -0.15) is 0 Å². The van der Waals surface area contributed by atoms with Crippen molar-refractivity contribution in [3.05, 3.63) is 29.8 Å². The molecule has 0 aliphatic heterocycles. The third-order valence-corrected chi connectivity index (χ3v) is 3.23. The predicted octanol–water partition coefficient (Wildman–Crippen LogP) is 3.12. The average Bonchev–Trinajstić information content (AvgIpc) is 2.19. The molecule has 2 heteroatoms. The van der Waals surface area contributed by atoms with Crippen LogP contribution in [0.15, 0.2) is 29.2 Å². The molecule has 0 spiro atoms. The number of nitrogens with one attached hydrogen (secondary N) is 1. The summed E-state index contributed by atoms with van der Waals surface area (Å²) >= 11 is 1.93. The quantitative estimate of drug-likeness (QED) is 0.748. The maximum absolute atomic E-state index is 3.23. The van der Waals surface area contributed by atoms with Crippen LogP contribution < -0.4 is 5.32 Å². The standard InChI is InChI=1S/C12H19NS/c1-4-14-12-8-6-5-7-11(12)10(2)9-13-3/h5-8,10,13H,4,9H2,1-3H3. The van der Waals surface area contributed by atoms with Crippen molar-refractivity contribution in [2.75, 3.05) is 19.3 Å². The van der Waals surface area contributed by atoms with Crippen molar-refractivity contribution in [2.24, 2.45) is 0 Å². The van der Waals surface area contributed by atoms with Gasteiger partial charge in [-0.1, -0.05) is 32.0 Å². The fourth-order valence-corrected chi connectivity index (χ4v) is 2.51. The van der Waals surface area contributed by atoms with E-state index in [1.54, 1.807) is 0 Å². The molecule has 78 valence electrons. The van der Waals surface area contributed by atoms with Gasteiger partial charge < -0.3 is 5.32 Å². The van der Waals surface area contributed by atoms with Crippen LogP contribution in [0.3, 0.4) is 0 Å². The maximum Gasteiger partial charge on any atom is 0.0107 e. The number of benzene rings is 1. The third-order valence-electron chi connectivity index (χ3n) is 2.26. The van der Waals surface area contributed by atoms with Gasteiger partial charge in [0, 0.05) is 11.4 Å². The molecule has 0 bridgehead atoms. The van der Waals surface area contributed by atoms with E-state index < -0.39 is 0 Å². The molecule has 0 heterocycles. The smallest absolute Gasteiger partial charge is 0.0107 e. The highest BCUT2D eigenvalue weighted by atomic mass is 32.2. The van der Waals surface area contributed by atoms with Crippen molar-refractivity contribution in [3.63, 3.8) is 0 Å². The molecule has 0 aromatic heterocycles. The van der Waals surface area contributed by atoms with Gasteiger partial charge in [0.2, 0.25) is 0 Å². The fraction of sp³-hybridized carbons (Fsp3) is 0.500. The minimum absolute atomic E-state index is 0.593. The van der Waals surface area contributed by atoms with E-state index in [1.165, 1.54) is 10.5 Å². The first-order valence-corrected chi connectivity index (χ1v) is 6.14. The van der Waals surface area contributed by atoms with Crippen molar-refractivity contribution in [1.29, 1.82) is 0 Å². The largest absolute Gasteiger partial charge is 0.319 e. The van der Waals surface area contributed by atoms with Crippen LogP contribution in [0.4, 0.5) is 0 Å². The van der Waals surface area contributed by atoms with Crippen molar-refractivity contribution in [3.8, 4) is 0 Å². The van der Waals surface area contributed by atoms with Gasteiger partial charge in [0.05, 0.1) is 0 Å². The van der Waals surface area contributed by atoms with E-state index in [-0.39, 0.29) is 0 Å². The van der Waals surface area contributed by atoms with Gasteiger partial charge in [0.1, 0.15) is 0 Å². The zero-order valence-corrected chi connectivity index (χ0v) is 10.0. The van der Waals surface area contributed by atoms with Gasteiger partial charge >= 0.3 is 0 Å². The molecule has 1 atom stereocenters. The Morgan fingerprint density at radius 2 is 2.07 bits per heavy atom. The van der Waals surface area contributed by atoms with Gasteiger partial charge in [-0.25, -0.2) is 0 Å². The lowest BCUT2D eigenvalue weighted by molar-refractivity contribution is 0.668. The summed E-state index contributed by atoms with van der Waals surface area (Å²) in [7, 11) is 2.01. The van der Waals surface area contributed by atoms with Gasteiger partial charge in [-0.3, -0.25) is 0 Å². The molecule has 0 amide bonds. The summed E-state index contributed by atoms with van der Waals surface area (Å²) in [6.45, 7) is 5.51. The Bertz CT molecular complexity index is 273. The summed E-state index contributed by atoms with van der Waals surface area (Å²) < 4.78 is 0. The van der Waals surface area contributed by atoms with E-state index in [1.807, 2.05) is 18.8 Å². The molecular weight excluding hydrogens is 190 g/mol. The lowest BCUT2D eigenvalue weighted by atomic mass is 10.0. The zero-order valence-electron chi connectivity index (χ0n) is 9.21. The molecule has 0 aliphatic rings. The van der Waals surface area contributed by atoms with Crippen LogP contribution in [0.1, 0.15) is 25.3 Å². The predicted molar refractivity (Wildman–Crippen MR) is 65.2 cm³/mol. The minimum atomic E-state index is 0.593. The van der Waals surface area contributed by atoms with Crippen LogP contribution in [-0.2, 0) is 0 Å². The van der Waals surface area contributed by atoms with Crippen molar-refractivity contribution >= 4 is 11.8 Å². The lowest BCUT2D eigenvalue weighted by Gasteiger charge is -2.15. The highest BCUT2D eigenvalue weighted by Gasteiger charge is 2.08. The van der Waals surface area contributed by atoms with E-state index in [9.17, 15) is 0 Å². The van der Waals surface area contributed by atoms with E-state index in [4.69, 9.17) is 0 Å². The average molecular weight is 209 g/mol. The minimum Gasteiger partial charge on any atom is -0.319 e. The molecule has 1 N–H and O–H groups in total. The molecule has 0 radical (unpaired) electrons. The zero-order chi connectivity index (χ0) is 10.4. The van der Waals surface area contributed by atoms with Gasteiger partial charge in [0.25, 0.3) is 0 Å². The van der Waals surface area contributed by atoms with Crippen LogP contribution in [0.2, 0.25) is 0 Å². The molecule has 0 aliphatic carbocycles. The van der Waals surface area contributed by atoms with Gasteiger partial charge in [-0.05, 0) is 30.3 Å². The number of likely N-dealkylation sites (N-methyl/N-ethyl adjacent to an activating group) is 1. The highest BCUT2D eigenvalue weighted by molar-refractivity contribution is 7.99. The summed E-state index contributed by atoms with van der Waals surface area (Å²) in [5.74, 6) is 1.73. The summed E-state index contributed by atoms with van der Waals surface area (Å²) in [6, 6.07) is 8.70.